The largest absolute Gasteiger partial charge is 0.303 e. The first kappa shape index (κ1) is 21.0. The molecule has 2 heteroatoms. The molecule has 0 aromatic rings. The molecule has 2 rings (SSSR count). The highest BCUT2D eigenvalue weighted by atomic mass is 15.2. The van der Waals surface area contributed by atoms with Crippen molar-refractivity contribution in [1.82, 2.24) is 9.80 Å². The Kier molecular flexibility index (Phi) is 9.77. The van der Waals surface area contributed by atoms with Crippen LogP contribution in [0.3, 0.4) is 0 Å². The van der Waals surface area contributed by atoms with Crippen molar-refractivity contribution in [3.63, 3.8) is 0 Å². The van der Waals surface area contributed by atoms with E-state index >= 15 is 0 Å². The Morgan fingerprint density at radius 1 is 0.783 bits per heavy atom. The number of hydrogen-bond donors (Lipinski definition) is 0. The molecule has 2 saturated heterocycles. The van der Waals surface area contributed by atoms with Crippen molar-refractivity contribution in [3.8, 4) is 0 Å². The smallest absolute Gasteiger partial charge is 0.00387 e. The molecule has 2 heterocycles. The normalized spacial score (nSPS) is 27.4. The second-order valence-corrected chi connectivity index (χ2v) is 8.77. The molecular formula is C21H44N2. The Balaban J connectivity index is 0.000000231. The van der Waals surface area contributed by atoms with Crippen molar-refractivity contribution in [2.75, 3.05) is 32.7 Å². The molecule has 2 nitrogen and oxygen atoms in total. The molecule has 0 N–H and O–H groups in total. The van der Waals surface area contributed by atoms with E-state index in [0.717, 1.165) is 29.7 Å². The molecule has 0 spiro atoms. The summed E-state index contributed by atoms with van der Waals surface area (Å²) in [5.41, 5.74) is 0. The molecule has 0 radical (unpaired) electrons. The van der Waals surface area contributed by atoms with E-state index in [-0.39, 0.29) is 0 Å². The number of rotatable bonds is 4. The van der Waals surface area contributed by atoms with E-state index in [0.29, 0.717) is 0 Å². The van der Waals surface area contributed by atoms with Gasteiger partial charge in [0.2, 0.25) is 0 Å². The van der Waals surface area contributed by atoms with Gasteiger partial charge in [-0.2, -0.15) is 0 Å². The van der Waals surface area contributed by atoms with Gasteiger partial charge in [0.15, 0.2) is 0 Å². The van der Waals surface area contributed by atoms with Gasteiger partial charge in [0.25, 0.3) is 0 Å². The third-order valence-corrected chi connectivity index (χ3v) is 6.09. The van der Waals surface area contributed by atoms with Crippen molar-refractivity contribution in [1.29, 1.82) is 0 Å². The zero-order valence-electron chi connectivity index (χ0n) is 17.1. The summed E-state index contributed by atoms with van der Waals surface area (Å²) in [5.74, 6) is 3.65. The molecule has 2 aliphatic heterocycles. The number of nitrogens with zero attached hydrogens (tertiary/aromatic N) is 2. The fourth-order valence-electron chi connectivity index (χ4n) is 3.98. The molecule has 2 aliphatic rings. The van der Waals surface area contributed by atoms with E-state index in [1.165, 1.54) is 58.4 Å². The number of hydrogen-bond acceptors (Lipinski definition) is 2. The van der Waals surface area contributed by atoms with E-state index in [2.05, 4.69) is 58.3 Å². The Hall–Kier alpha value is -0.0800. The van der Waals surface area contributed by atoms with Gasteiger partial charge >= 0.3 is 0 Å². The highest BCUT2D eigenvalue weighted by molar-refractivity contribution is 4.77. The van der Waals surface area contributed by atoms with Gasteiger partial charge in [-0.1, -0.05) is 34.6 Å². The summed E-state index contributed by atoms with van der Waals surface area (Å²) in [6.07, 6.45) is 5.72. The maximum absolute atomic E-state index is 2.62. The first-order valence-corrected chi connectivity index (χ1v) is 10.3. The van der Waals surface area contributed by atoms with Crippen LogP contribution in [0.4, 0.5) is 0 Å². The maximum Gasteiger partial charge on any atom is 0.00387 e. The van der Waals surface area contributed by atoms with Crippen molar-refractivity contribution in [2.45, 2.75) is 80.2 Å². The quantitative estimate of drug-likeness (QED) is 0.706. The molecule has 0 aliphatic carbocycles. The first-order chi connectivity index (χ1) is 10.8. The summed E-state index contributed by atoms with van der Waals surface area (Å²) in [7, 11) is 0. The van der Waals surface area contributed by atoms with Gasteiger partial charge in [0.1, 0.15) is 0 Å². The summed E-state index contributed by atoms with van der Waals surface area (Å²) in [6.45, 7) is 22.9. The maximum atomic E-state index is 2.62. The van der Waals surface area contributed by atoms with Crippen molar-refractivity contribution >= 4 is 0 Å². The van der Waals surface area contributed by atoms with E-state index in [1.807, 2.05) is 0 Å². The predicted molar refractivity (Wildman–Crippen MR) is 104 cm³/mol. The minimum Gasteiger partial charge on any atom is -0.303 e. The second-order valence-electron chi connectivity index (χ2n) is 8.77. The third kappa shape index (κ3) is 7.56. The monoisotopic (exact) mass is 324 g/mol. The first-order valence-electron chi connectivity index (χ1n) is 10.3. The fraction of sp³-hybridized carbons (Fsp3) is 1.00. The fourth-order valence-corrected chi connectivity index (χ4v) is 3.98. The lowest BCUT2D eigenvalue weighted by Crippen LogP contribution is -2.41. The molecule has 0 aromatic heterocycles. The lowest BCUT2D eigenvalue weighted by atomic mass is 9.87. The molecule has 0 aromatic carbocycles. The van der Waals surface area contributed by atoms with Crippen LogP contribution in [0.5, 0.6) is 0 Å². The average Bonchev–Trinajstić information content (AvgIpc) is 2.55. The Morgan fingerprint density at radius 3 is 1.78 bits per heavy atom. The van der Waals surface area contributed by atoms with Gasteiger partial charge < -0.3 is 9.80 Å². The highest BCUT2D eigenvalue weighted by Gasteiger charge is 2.23. The third-order valence-electron chi connectivity index (χ3n) is 6.09. The van der Waals surface area contributed by atoms with E-state index < -0.39 is 0 Å². The molecule has 0 amide bonds. The van der Waals surface area contributed by atoms with Gasteiger partial charge in [-0.3, -0.25) is 0 Å². The molecule has 138 valence electrons. The van der Waals surface area contributed by atoms with Crippen LogP contribution >= 0.6 is 0 Å². The highest BCUT2D eigenvalue weighted by Crippen LogP contribution is 2.24. The lowest BCUT2D eigenvalue weighted by molar-refractivity contribution is 0.117. The topological polar surface area (TPSA) is 6.48 Å². The summed E-state index contributed by atoms with van der Waals surface area (Å²) in [5, 5.41) is 0. The molecule has 2 fully saturated rings. The standard InChI is InChI=1S/C11H23N.C10H21N/c1-9(2)11-6-5-7-12(8-11)10(3)4;1-4-11-7-5-6-10(8-11)9(2)3/h9-11H,5-8H2,1-4H3;9-10H,4-8H2,1-3H3. The Bertz CT molecular complexity index is 284. The Labute approximate surface area is 147 Å². The number of likely N-dealkylation sites (tertiary alicyclic amines) is 2. The van der Waals surface area contributed by atoms with Gasteiger partial charge in [-0.05, 0) is 82.8 Å². The summed E-state index contributed by atoms with van der Waals surface area (Å²) in [6, 6.07) is 0.742. The van der Waals surface area contributed by atoms with E-state index in [9.17, 15) is 0 Å². The van der Waals surface area contributed by atoms with Crippen LogP contribution in [-0.2, 0) is 0 Å². The van der Waals surface area contributed by atoms with Gasteiger partial charge in [0, 0.05) is 19.1 Å². The zero-order chi connectivity index (χ0) is 17.4. The van der Waals surface area contributed by atoms with Crippen LogP contribution in [0.15, 0.2) is 0 Å². The SMILES string of the molecule is CC(C)C1CCCN(C(C)C)C1.CCN1CCCC(C(C)C)C1. The van der Waals surface area contributed by atoms with Crippen LogP contribution in [-0.4, -0.2) is 48.6 Å². The van der Waals surface area contributed by atoms with E-state index in [1.54, 1.807) is 0 Å². The Morgan fingerprint density at radius 2 is 1.30 bits per heavy atom. The molecule has 2 atom stereocenters. The van der Waals surface area contributed by atoms with Crippen LogP contribution in [0.1, 0.15) is 74.1 Å². The summed E-state index contributed by atoms with van der Waals surface area (Å²) < 4.78 is 0. The summed E-state index contributed by atoms with van der Waals surface area (Å²) >= 11 is 0. The minimum absolute atomic E-state index is 0.742. The molecule has 0 bridgehead atoms. The lowest BCUT2D eigenvalue weighted by Gasteiger charge is -2.37. The molecule has 2 unspecified atom stereocenters. The van der Waals surface area contributed by atoms with Crippen LogP contribution in [0.25, 0.3) is 0 Å². The average molecular weight is 325 g/mol. The van der Waals surface area contributed by atoms with Crippen LogP contribution in [0, 0.1) is 23.7 Å². The van der Waals surface area contributed by atoms with Gasteiger partial charge in [0.05, 0.1) is 0 Å². The number of piperidine rings is 2. The minimum atomic E-state index is 0.742. The van der Waals surface area contributed by atoms with Crippen LogP contribution < -0.4 is 0 Å². The van der Waals surface area contributed by atoms with Crippen molar-refractivity contribution in [2.24, 2.45) is 23.7 Å². The molecule has 0 saturated carbocycles. The molecular weight excluding hydrogens is 280 g/mol. The van der Waals surface area contributed by atoms with Gasteiger partial charge in [-0.25, -0.2) is 0 Å². The second kappa shape index (κ2) is 10.7. The van der Waals surface area contributed by atoms with Crippen molar-refractivity contribution in [3.05, 3.63) is 0 Å². The van der Waals surface area contributed by atoms with Gasteiger partial charge in [-0.15, -0.1) is 0 Å². The summed E-state index contributed by atoms with van der Waals surface area (Å²) in [4.78, 5) is 5.20. The predicted octanol–water partition coefficient (Wildman–Crippen LogP) is 5.14. The van der Waals surface area contributed by atoms with Crippen LogP contribution in [0.2, 0.25) is 0 Å². The van der Waals surface area contributed by atoms with E-state index in [4.69, 9.17) is 0 Å². The molecule has 23 heavy (non-hydrogen) atoms. The van der Waals surface area contributed by atoms with Crippen molar-refractivity contribution < 1.29 is 0 Å². The zero-order valence-corrected chi connectivity index (χ0v) is 17.1.